The average Bonchev–Trinajstić information content (AvgIpc) is 2.40. The fourth-order valence-corrected chi connectivity index (χ4v) is 3.20. The highest BCUT2D eigenvalue weighted by atomic mass is 127. The van der Waals surface area contributed by atoms with Crippen LogP contribution < -0.4 is 5.32 Å². The van der Waals surface area contributed by atoms with Crippen molar-refractivity contribution in [3.63, 3.8) is 0 Å². The van der Waals surface area contributed by atoms with Gasteiger partial charge in [0.25, 0.3) is 0 Å². The Morgan fingerprint density at radius 2 is 1.86 bits per heavy atom. The van der Waals surface area contributed by atoms with Crippen LogP contribution in [0.25, 0.3) is 0 Å². The molecule has 122 valence electrons. The van der Waals surface area contributed by atoms with Crippen LogP contribution in [-0.2, 0) is 0 Å². The molecule has 1 aliphatic rings. The summed E-state index contributed by atoms with van der Waals surface area (Å²) in [6.45, 7) is 8.42. The third-order valence-electron chi connectivity index (χ3n) is 3.60. The highest BCUT2D eigenvalue weighted by Gasteiger charge is 2.25. The van der Waals surface area contributed by atoms with Gasteiger partial charge in [-0.15, -0.1) is 24.8 Å². The number of rotatable bonds is 4. The van der Waals surface area contributed by atoms with Crippen LogP contribution in [0, 0.1) is 15.3 Å². The molecule has 2 rings (SSSR count). The molecule has 6 heteroatoms. The maximum absolute atomic E-state index is 14.2. The molecule has 0 amide bonds. The minimum atomic E-state index is -0.0652. The van der Waals surface area contributed by atoms with Crippen molar-refractivity contribution >= 4 is 47.4 Å². The molecule has 1 aromatic carbocycles. The molecule has 0 saturated carbocycles. The van der Waals surface area contributed by atoms with E-state index in [0.717, 1.165) is 41.7 Å². The van der Waals surface area contributed by atoms with E-state index in [-0.39, 0.29) is 36.7 Å². The first-order valence-electron chi connectivity index (χ1n) is 6.97. The zero-order valence-corrected chi connectivity index (χ0v) is 16.2. The molecule has 1 N–H and O–H groups in total. The molecule has 0 bridgehead atoms. The lowest BCUT2D eigenvalue weighted by Gasteiger charge is -2.36. The van der Waals surface area contributed by atoms with Crippen LogP contribution in [0.2, 0.25) is 0 Å². The molecular formula is C15H24Cl2FIN2. The Kier molecular flexibility index (Phi) is 10.4. The van der Waals surface area contributed by atoms with Gasteiger partial charge in [-0.25, -0.2) is 4.39 Å². The van der Waals surface area contributed by atoms with Crippen LogP contribution in [-0.4, -0.2) is 31.1 Å². The van der Waals surface area contributed by atoms with Crippen molar-refractivity contribution in [1.29, 1.82) is 0 Å². The molecule has 1 saturated heterocycles. The monoisotopic (exact) mass is 448 g/mol. The van der Waals surface area contributed by atoms with Gasteiger partial charge in [0.2, 0.25) is 0 Å². The van der Waals surface area contributed by atoms with Crippen molar-refractivity contribution in [1.82, 2.24) is 10.2 Å². The van der Waals surface area contributed by atoms with Gasteiger partial charge >= 0.3 is 0 Å². The summed E-state index contributed by atoms with van der Waals surface area (Å²) in [5.41, 5.74) is 0.863. The Balaban J connectivity index is 0.00000200. The number of nitrogens with one attached hydrogen (secondary N) is 1. The standard InChI is InChI=1S/C15H22FIN2.2ClH/c1-11(2)9-15(19-7-5-18-6-8-19)13-10-12(17)3-4-14(13)16;;/h3-4,10-11,15,18H,5-9H2,1-2H3;2*1H/t15-;;/m1../s1. The molecule has 0 radical (unpaired) electrons. The predicted molar refractivity (Wildman–Crippen MR) is 100 cm³/mol. The quantitative estimate of drug-likeness (QED) is 0.692. The lowest BCUT2D eigenvalue weighted by atomic mass is 9.94. The van der Waals surface area contributed by atoms with E-state index in [1.807, 2.05) is 12.1 Å². The predicted octanol–water partition coefficient (Wildman–Crippen LogP) is 4.27. The minimum absolute atomic E-state index is 0. The van der Waals surface area contributed by atoms with Crippen molar-refractivity contribution < 1.29 is 4.39 Å². The fourth-order valence-electron chi connectivity index (χ4n) is 2.68. The SMILES string of the molecule is CC(C)C[C@H](c1cc(I)ccc1F)N1CCNCC1.Cl.Cl. The van der Waals surface area contributed by atoms with E-state index < -0.39 is 0 Å². The van der Waals surface area contributed by atoms with Crippen LogP contribution in [0.3, 0.4) is 0 Å². The summed E-state index contributed by atoms with van der Waals surface area (Å²) < 4.78 is 15.3. The number of nitrogens with zero attached hydrogens (tertiary/aromatic N) is 1. The van der Waals surface area contributed by atoms with E-state index >= 15 is 0 Å². The first kappa shape index (κ1) is 21.4. The normalized spacial score (nSPS) is 17.0. The topological polar surface area (TPSA) is 15.3 Å². The number of hydrogen-bond donors (Lipinski definition) is 1. The second kappa shape index (κ2) is 10.2. The number of benzene rings is 1. The van der Waals surface area contributed by atoms with Crippen LogP contribution >= 0.6 is 47.4 Å². The van der Waals surface area contributed by atoms with Crippen molar-refractivity contribution in [2.75, 3.05) is 26.2 Å². The Morgan fingerprint density at radius 1 is 1.24 bits per heavy atom. The van der Waals surface area contributed by atoms with E-state index in [1.54, 1.807) is 6.07 Å². The molecule has 0 aliphatic carbocycles. The highest BCUT2D eigenvalue weighted by Crippen LogP contribution is 2.30. The maximum Gasteiger partial charge on any atom is 0.128 e. The largest absolute Gasteiger partial charge is 0.314 e. The van der Waals surface area contributed by atoms with Gasteiger partial charge < -0.3 is 5.32 Å². The smallest absolute Gasteiger partial charge is 0.128 e. The van der Waals surface area contributed by atoms with Gasteiger partial charge in [0, 0.05) is 41.4 Å². The van der Waals surface area contributed by atoms with E-state index in [9.17, 15) is 4.39 Å². The molecular weight excluding hydrogens is 425 g/mol. The minimum Gasteiger partial charge on any atom is -0.314 e. The first-order valence-corrected chi connectivity index (χ1v) is 8.05. The molecule has 0 spiro atoms. The molecule has 2 nitrogen and oxygen atoms in total. The Hall–Kier alpha value is 0.380. The van der Waals surface area contributed by atoms with Crippen LogP contribution in [0.5, 0.6) is 0 Å². The van der Waals surface area contributed by atoms with Gasteiger partial charge in [-0.3, -0.25) is 4.90 Å². The highest BCUT2D eigenvalue weighted by molar-refractivity contribution is 14.1. The lowest BCUT2D eigenvalue weighted by Crippen LogP contribution is -2.45. The molecule has 0 aromatic heterocycles. The molecule has 0 unspecified atom stereocenters. The maximum atomic E-state index is 14.2. The summed E-state index contributed by atoms with van der Waals surface area (Å²) >= 11 is 2.26. The van der Waals surface area contributed by atoms with E-state index in [4.69, 9.17) is 0 Å². The average molecular weight is 449 g/mol. The second-order valence-electron chi connectivity index (χ2n) is 5.60. The fraction of sp³-hybridized carbons (Fsp3) is 0.600. The molecule has 1 aromatic rings. The zero-order chi connectivity index (χ0) is 13.8. The van der Waals surface area contributed by atoms with Crippen LogP contribution in [0.4, 0.5) is 4.39 Å². The third-order valence-corrected chi connectivity index (χ3v) is 4.28. The number of halogens is 4. The van der Waals surface area contributed by atoms with Crippen molar-refractivity contribution in [2.24, 2.45) is 5.92 Å². The van der Waals surface area contributed by atoms with Crippen molar-refractivity contribution in [2.45, 2.75) is 26.3 Å². The second-order valence-corrected chi connectivity index (χ2v) is 6.84. The van der Waals surface area contributed by atoms with Crippen LogP contribution in [0.15, 0.2) is 18.2 Å². The van der Waals surface area contributed by atoms with Gasteiger partial charge in [0.1, 0.15) is 5.82 Å². The Labute approximate surface area is 153 Å². The third kappa shape index (κ3) is 6.18. The summed E-state index contributed by atoms with van der Waals surface area (Å²) in [6.07, 6.45) is 1.01. The lowest BCUT2D eigenvalue weighted by molar-refractivity contribution is 0.151. The van der Waals surface area contributed by atoms with Gasteiger partial charge in [0.05, 0.1) is 0 Å². The first-order chi connectivity index (χ1) is 9.08. The van der Waals surface area contributed by atoms with Crippen LogP contribution in [0.1, 0.15) is 31.9 Å². The summed E-state index contributed by atoms with van der Waals surface area (Å²) in [5.74, 6) is 0.502. The van der Waals surface area contributed by atoms with Crippen molar-refractivity contribution in [3.8, 4) is 0 Å². The number of hydrogen-bond acceptors (Lipinski definition) is 2. The summed E-state index contributed by atoms with van der Waals surface area (Å²) in [5, 5.41) is 3.36. The Bertz CT molecular complexity index is 426. The summed E-state index contributed by atoms with van der Waals surface area (Å²) in [6, 6.07) is 5.65. The Morgan fingerprint density at radius 3 is 2.43 bits per heavy atom. The van der Waals surface area contributed by atoms with E-state index in [2.05, 4.69) is 46.7 Å². The van der Waals surface area contributed by atoms with Gasteiger partial charge in [-0.05, 0) is 53.1 Å². The van der Waals surface area contributed by atoms with Gasteiger partial charge in [-0.1, -0.05) is 13.8 Å². The number of piperazine rings is 1. The van der Waals surface area contributed by atoms with E-state index in [0.29, 0.717) is 5.92 Å². The molecule has 1 heterocycles. The van der Waals surface area contributed by atoms with Gasteiger partial charge in [0.15, 0.2) is 0 Å². The molecule has 1 fully saturated rings. The van der Waals surface area contributed by atoms with Crippen molar-refractivity contribution in [3.05, 3.63) is 33.1 Å². The summed E-state index contributed by atoms with van der Waals surface area (Å²) in [7, 11) is 0. The molecule has 21 heavy (non-hydrogen) atoms. The zero-order valence-electron chi connectivity index (χ0n) is 12.4. The summed E-state index contributed by atoms with van der Waals surface area (Å²) in [4.78, 5) is 2.42. The van der Waals surface area contributed by atoms with E-state index in [1.165, 1.54) is 0 Å². The molecule has 1 aliphatic heterocycles. The molecule has 1 atom stereocenters. The van der Waals surface area contributed by atoms with Gasteiger partial charge in [-0.2, -0.15) is 0 Å².